The molecule has 3 aliphatic rings. The van der Waals surface area contributed by atoms with E-state index in [9.17, 15) is 13.6 Å². The van der Waals surface area contributed by atoms with Crippen molar-refractivity contribution in [2.45, 2.75) is 45.0 Å². The van der Waals surface area contributed by atoms with Gasteiger partial charge in [-0.2, -0.15) is 0 Å². The Bertz CT molecular complexity index is 919. The molecule has 2 aliphatic heterocycles. The first-order chi connectivity index (χ1) is 14.5. The van der Waals surface area contributed by atoms with E-state index in [0.29, 0.717) is 25.5 Å². The summed E-state index contributed by atoms with van der Waals surface area (Å²) in [5, 5.41) is 10.8. The molecule has 1 aliphatic carbocycles. The zero-order valence-electron chi connectivity index (χ0n) is 17.2. The highest BCUT2D eigenvalue weighted by molar-refractivity contribution is 5.80. The smallest absolute Gasteiger partial charge is 0.315 e. The van der Waals surface area contributed by atoms with Gasteiger partial charge >= 0.3 is 6.01 Å². The molecule has 162 valence electrons. The van der Waals surface area contributed by atoms with Gasteiger partial charge in [-0.25, -0.2) is 8.78 Å². The lowest BCUT2D eigenvalue weighted by Gasteiger charge is -2.22. The molecule has 0 radical (unpaired) electrons. The van der Waals surface area contributed by atoms with Gasteiger partial charge in [0.1, 0.15) is 12.4 Å². The van der Waals surface area contributed by atoms with Crippen LogP contribution in [0, 0.1) is 5.41 Å². The second-order valence-electron chi connectivity index (χ2n) is 7.85. The Morgan fingerprint density at radius 1 is 1.30 bits per heavy atom. The van der Waals surface area contributed by atoms with E-state index in [1.165, 1.54) is 4.90 Å². The van der Waals surface area contributed by atoms with Crippen LogP contribution in [0.4, 0.5) is 14.8 Å². The maximum Gasteiger partial charge on any atom is 0.315 e. The summed E-state index contributed by atoms with van der Waals surface area (Å²) >= 11 is 0. The number of para-hydroxylation sites is 1. The molecular weight excluding hydrogens is 394 g/mol. The van der Waals surface area contributed by atoms with E-state index in [1.54, 1.807) is 0 Å². The molecule has 7 nitrogen and oxygen atoms in total. The van der Waals surface area contributed by atoms with Gasteiger partial charge in [-0.3, -0.25) is 4.79 Å². The number of benzene rings is 1. The lowest BCUT2D eigenvalue weighted by Crippen LogP contribution is -2.34. The molecule has 2 aromatic rings. The monoisotopic (exact) mass is 420 g/mol. The van der Waals surface area contributed by atoms with E-state index in [1.807, 2.05) is 38.1 Å². The highest BCUT2D eigenvalue weighted by Gasteiger charge is 2.72. The van der Waals surface area contributed by atoms with Crippen LogP contribution in [0.15, 0.2) is 28.7 Å². The number of likely N-dealkylation sites (tertiary alicyclic amines) is 1. The summed E-state index contributed by atoms with van der Waals surface area (Å²) in [7, 11) is 0. The molecule has 1 unspecified atom stereocenters. The SMILES string of the molecule is CC.O=C(CNc1nnc([C@H]2COc3ccccc3C2)o1)N1CCC2(C1)CC2(F)F. The van der Waals surface area contributed by atoms with Gasteiger partial charge in [0, 0.05) is 19.5 Å². The van der Waals surface area contributed by atoms with Crippen LogP contribution in [0.25, 0.3) is 0 Å². The quantitative estimate of drug-likeness (QED) is 0.816. The van der Waals surface area contributed by atoms with Crippen LogP contribution < -0.4 is 10.1 Å². The summed E-state index contributed by atoms with van der Waals surface area (Å²) in [5.74, 6) is -1.61. The Morgan fingerprint density at radius 3 is 2.80 bits per heavy atom. The number of hydrogen-bond donors (Lipinski definition) is 1. The van der Waals surface area contributed by atoms with Crippen molar-refractivity contribution in [1.82, 2.24) is 15.1 Å². The van der Waals surface area contributed by atoms with Crippen molar-refractivity contribution in [2.24, 2.45) is 5.41 Å². The van der Waals surface area contributed by atoms with Crippen molar-refractivity contribution >= 4 is 11.9 Å². The summed E-state index contributed by atoms with van der Waals surface area (Å²) in [4.78, 5) is 13.8. The number of rotatable bonds is 4. The standard InChI is InChI=1S/C19H20F2N4O3.C2H6/c20-19(21)10-18(19)5-6-25(11-18)15(26)8-22-17-24-23-16(28-17)13-7-12-3-1-2-4-14(12)27-9-13;1-2/h1-4,13H,5-11H2,(H,22,24);1-2H3/t13-,18?;/m1./s1. The highest BCUT2D eigenvalue weighted by Crippen LogP contribution is 2.65. The Morgan fingerprint density at radius 2 is 2.07 bits per heavy atom. The molecule has 9 heteroatoms. The van der Waals surface area contributed by atoms with E-state index < -0.39 is 11.3 Å². The fourth-order valence-electron chi connectivity index (χ4n) is 4.13. The molecule has 2 fully saturated rings. The number of carbonyl (C=O) groups is 1. The van der Waals surface area contributed by atoms with Gasteiger partial charge in [0.05, 0.1) is 17.9 Å². The number of aromatic nitrogens is 2. The molecule has 1 N–H and O–H groups in total. The predicted molar refractivity (Wildman–Crippen MR) is 106 cm³/mol. The van der Waals surface area contributed by atoms with E-state index >= 15 is 0 Å². The van der Waals surface area contributed by atoms with Gasteiger partial charge in [-0.05, 0) is 24.5 Å². The average molecular weight is 420 g/mol. The van der Waals surface area contributed by atoms with Gasteiger partial charge in [-0.15, -0.1) is 5.10 Å². The maximum absolute atomic E-state index is 13.5. The lowest BCUT2D eigenvalue weighted by atomic mass is 9.97. The number of amides is 1. The molecule has 1 saturated carbocycles. The zero-order chi connectivity index (χ0) is 21.4. The minimum atomic E-state index is -2.63. The summed E-state index contributed by atoms with van der Waals surface area (Å²) in [6.45, 7) is 4.87. The fourth-order valence-corrected chi connectivity index (χ4v) is 4.13. The number of hydrogen-bond acceptors (Lipinski definition) is 6. The minimum Gasteiger partial charge on any atom is -0.492 e. The van der Waals surface area contributed by atoms with Crippen LogP contribution in [0.3, 0.4) is 0 Å². The van der Waals surface area contributed by atoms with Gasteiger partial charge in [-0.1, -0.05) is 37.1 Å². The molecule has 1 aromatic carbocycles. The van der Waals surface area contributed by atoms with Crippen molar-refractivity contribution in [1.29, 1.82) is 0 Å². The third kappa shape index (κ3) is 3.73. The zero-order valence-corrected chi connectivity index (χ0v) is 17.2. The van der Waals surface area contributed by atoms with Gasteiger partial charge < -0.3 is 19.4 Å². The van der Waals surface area contributed by atoms with Gasteiger partial charge in [0.25, 0.3) is 5.92 Å². The number of ether oxygens (including phenoxy) is 1. The first-order valence-electron chi connectivity index (χ1n) is 10.4. The van der Waals surface area contributed by atoms with Crippen LogP contribution >= 0.6 is 0 Å². The first-order valence-corrected chi connectivity index (χ1v) is 10.4. The fraction of sp³-hybridized carbons (Fsp3) is 0.571. The van der Waals surface area contributed by atoms with Gasteiger partial charge in [0.2, 0.25) is 11.8 Å². The minimum absolute atomic E-state index is 0.0517. The molecule has 0 bridgehead atoms. The number of nitrogens with one attached hydrogen (secondary N) is 1. The Balaban J connectivity index is 0.00000106. The summed E-state index contributed by atoms with van der Waals surface area (Å²) in [5.41, 5.74) is 0.0962. The molecule has 5 rings (SSSR count). The molecule has 1 amide bonds. The molecule has 1 spiro atoms. The summed E-state index contributed by atoms with van der Waals surface area (Å²) in [6, 6.07) is 7.96. The first kappa shape index (κ1) is 20.6. The van der Waals surface area contributed by atoms with Crippen LogP contribution in [0.2, 0.25) is 0 Å². The molecule has 1 saturated heterocycles. The van der Waals surface area contributed by atoms with Gasteiger partial charge in [0.15, 0.2) is 0 Å². The molecule has 3 heterocycles. The number of nitrogens with zero attached hydrogens (tertiary/aromatic N) is 3. The molecular formula is C21H26F2N4O3. The van der Waals surface area contributed by atoms with E-state index in [4.69, 9.17) is 9.15 Å². The highest BCUT2D eigenvalue weighted by atomic mass is 19.3. The Labute approximate surface area is 173 Å². The summed E-state index contributed by atoms with van der Waals surface area (Å²) in [6.07, 6.45) is 0.983. The largest absolute Gasteiger partial charge is 0.492 e. The van der Waals surface area contributed by atoms with Crippen LogP contribution in [-0.4, -0.2) is 53.2 Å². The number of fused-ring (bicyclic) bond motifs is 1. The van der Waals surface area contributed by atoms with Crippen molar-refractivity contribution in [2.75, 3.05) is 31.6 Å². The van der Waals surface area contributed by atoms with E-state index in [2.05, 4.69) is 15.5 Å². The second kappa shape index (κ2) is 7.85. The normalized spacial score (nSPS) is 25.7. The van der Waals surface area contributed by atoms with Crippen molar-refractivity contribution in [3.63, 3.8) is 0 Å². The van der Waals surface area contributed by atoms with Crippen molar-refractivity contribution in [3.8, 4) is 5.75 Å². The number of halogens is 2. The third-order valence-corrected chi connectivity index (χ3v) is 5.98. The average Bonchev–Trinajstić information content (AvgIpc) is 3.16. The third-order valence-electron chi connectivity index (χ3n) is 5.98. The topological polar surface area (TPSA) is 80.5 Å². The van der Waals surface area contributed by atoms with E-state index in [0.717, 1.165) is 17.7 Å². The Kier molecular flexibility index (Phi) is 5.38. The molecule has 2 atom stereocenters. The molecule has 1 aromatic heterocycles. The van der Waals surface area contributed by atoms with Crippen LogP contribution in [0.5, 0.6) is 5.75 Å². The van der Waals surface area contributed by atoms with Crippen LogP contribution in [-0.2, 0) is 11.2 Å². The second-order valence-corrected chi connectivity index (χ2v) is 7.85. The predicted octanol–water partition coefficient (Wildman–Crippen LogP) is 3.48. The molecule has 30 heavy (non-hydrogen) atoms. The number of alkyl halides is 2. The lowest BCUT2D eigenvalue weighted by molar-refractivity contribution is -0.128. The maximum atomic E-state index is 13.5. The summed E-state index contributed by atoms with van der Waals surface area (Å²) < 4.78 is 38.3. The number of carbonyl (C=O) groups excluding carboxylic acids is 1. The Hall–Kier alpha value is -2.71. The number of anilines is 1. The van der Waals surface area contributed by atoms with Crippen LogP contribution in [0.1, 0.15) is 44.1 Å². The van der Waals surface area contributed by atoms with E-state index in [-0.39, 0.29) is 37.4 Å². The van der Waals surface area contributed by atoms with Crippen molar-refractivity contribution in [3.05, 3.63) is 35.7 Å². The van der Waals surface area contributed by atoms with Crippen molar-refractivity contribution < 1.29 is 22.7 Å².